The van der Waals surface area contributed by atoms with Gasteiger partial charge >= 0.3 is 12.0 Å². The summed E-state index contributed by atoms with van der Waals surface area (Å²) in [7, 11) is 0. The van der Waals surface area contributed by atoms with E-state index >= 15 is 0 Å². The largest absolute Gasteiger partial charge is 0.456 e. The minimum atomic E-state index is -0.733. The van der Waals surface area contributed by atoms with Crippen molar-refractivity contribution in [1.82, 2.24) is 4.90 Å². The Morgan fingerprint density at radius 1 is 1.20 bits per heavy atom. The van der Waals surface area contributed by atoms with Crippen LogP contribution in [0.2, 0.25) is 0 Å². The number of aliphatic hydroxyl groups is 1. The molecule has 1 aliphatic heterocycles. The van der Waals surface area contributed by atoms with Crippen molar-refractivity contribution in [3.05, 3.63) is 29.8 Å². The SMILES string of the molecule is CC1(O)CCCN(C(=O)Nc2ccccc2C(=O)OC(C)(C)C)CC1. The lowest BCUT2D eigenvalue weighted by molar-refractivity contribution is 0.00706. The van der Waals surface area contributed by atoms with Crippen molar-refractivity contribution >= 4 is 17.7 Å². The van der Waals surface area contributed by atoms with Gasteiger partial charge in [0.05, 0.1) is 16.9 Å². The number of likely N-dealkylation sites (tertiary alicyclic amines) is 1. The maximum atomic E-state index is 12.6. The molecule has 25 heavy (non-hydrogen) atoms. The van der Waals surface area contributed by atoms with E-state index in [1.54, 1.807) is 56.9 Å². The number of carbonyl (C=O) groups excluding carboxylic acids is 2. The van der Waals surface area contributed by atoms with Crippen LogP contribution >= 0.6 is 0 Å². The third-order valence-electron chi connectivity index (χ3n) is 4.14. The number of anilines is 1. The molecular weight excluding hydrogens is 320 g/mol. The average Bonchev–Trinajstić information content (AvgIpc) is 2.67. The van der Waals surface area contributed by atoms with Crippen LogP contribution in [0.3, 0.4) is 0 Å². The van der Waals surface area contributed by atoms with Gasteiger partial charge in [0.25, 0.3) is 0 Å². The third kappa shape index (κ3) is 5.74. The second kappa shape index (κ2) is 7.44. The molecule has 2 N–H and O–H groups in total. The molecule has 1 unspecified atom stereocenters. The topological polar surface area (TPSA) is 78.9 Å². The van der Waals surface area contributed by atoms with Crippen LogP contribution in [0, 0.1) is 0 Å². The molecule has 1 saturated heterocycles. The van der Waals surface area contributed by atoms with Crippen LogP contribution < -0.4 is 5.32 Å². The fourth-order valence-corrected chi connectivity index (χ4v) is 2.76. The molecule has 138 valence electrons. The van der Waals surface area contributed by atoms with Gasteiger partial charge in [-0.2, -0.15) is 0 Å². The Labute approximate surface area is 149 Å². The number of carbonyl (C=O) groups is 2. The van der Waals surface area contributed by atoms with E-state index in [9.17, 15) is 14.7 Å². The fourth-order valence-electron chi connectivity index (χ4n) is 2.76. The van der Waals surface area contributed by atoms with Crippen molar-refractivity contribution in [2.45, 2.75) is 58.2 Å². The molecule has 1 aromatic rings. The van der Waals surface area contributed by atoms with Gasteiger partial charge in [0.1, 0.15) is 5.60 Å². The lowest BCUT2D eigenvalue weighted by Crippen LogP contribution is -2.37. The summed E-state index contributed by atoms with van der Waals surface area (Å²) in [6.45, 7) is 8.26. The summed E-state index contributed by atoms with van der Waals surface area (Å²) in [6.07, 6.45) is 1.95. The van der Waals surface area contributed by atoms with Crippen LogP contribution in [0.25, 0.3) is 0 Å². The molecule has 1 aliphatic rings. The number of benzene rings is 1. The number of rotatable bonds is 2. The monoisotopic (exact) mass is 348 g/mol. The van der Waals surface area contributed by atoms with Gasteiger partial charge in [-0.25, -0.2) is 9.59 Å². The van der Waals surface area contributed by atoms with Gasteiger partial charge in [0.2, 0.25) is 0 Å². The minimum absolute atomic E-state index is 0.270. The van der Waals surface area contributed by atoms with Crippen LogP contribution in [-0.4, -0.2) is 46.3 Å². The van der Waals surface area contributed by atoms with Crippen molar-refractivity contribution in [2.75, 3.05) is 18.4 Å². The van der Waals surface area contributed by atoms with Crippen molar-refractivity contribution in [3.63, 3.8) is 0 Å². The molecule has 6 nitrogen and oxygen atoms in total. The van der Waals surface area contributed by atoms with Gasteiger partial charge in [-0.05, 0) is 59.1 Å². The highest BCUT2D eigenvalue weighted by Crippen LogP contribution is 2.23. The fraction of sp³-hybridized carbons (Fsp3) is 0.579. The number of nitrogens with one attached hydrogen (secondary N) is 1. The Balaban J connectivity index is 2.10. The Morgan fingerprint density at radius 2 is 1.88 bits per heavy atom. The van der Waals surface area contributed by atoms with E-state index in [4.69, 9.17) is 4.74 Å². The van der Waals surface area contributed by atoms with Gasteiger partial charge in [0.15, 0.2) is 0 Å². The van der Waals surface area contributed by atoms with E-state index in [0.717, 1.165) is 6.42 Å². The first kappa shape index (κ1) is 19.2. The number of amides is 2. The Kier molecular flexibility index (Phi) is 5.72. The highest BCUT2D eigenvalue weighted by atomic mass is 16.6. The number of nitrogens with zero attached hydrogens (tertiary/aromatic N) is 1. The Hall–Kier alpha value is -2.08. The summed E-state index contributed by atoms with van der Waals surface area (Å²) in [6, 6.07) is 6.55. The molecule has 1 fully saturated rings. The van der Waals surface area contributed by atoms with Crippen molar-refractivity contribution in [1.29, 1.82) is 0 Å². The number of para-hydroxylation sites is 1. The van der Waals surface area contributed by atoms with E-state index < -0.39 is 17.2 Å². The summed E-state index contributed by atoms with van der Waals surface area (Å²) in [5, 5.41) is 13.0. The molecule has 1 aromatic carbocycles. The minimum Gasteiger partial charge on any atom is -0.456 e. The number of esters is 1. The Morgan fingerprint density at radius 3 is 2.56 bits per heavy atom. The lowest BCUT2D eigenvalue weighted by Gasteiger charge is -2.24. The molecule has 2 rings (SSSR count). The van der Waals surface area contributed by atoms with Crippen LogP contribution in [0.5, 0.6) is 0 Å². The maximum Gasteiger partial charge on any atom is 0.340 e. The smallest absolute Gasteiger partial charge is 0.340 e. The van der Waals surface area contributed by atoms with E-state index in [2.05, 4.69) is 5.32 Å². The molecule has 0 spiro atoms. The van der Waals surface area contributed by atoms with Gasteiger partial charge in [-0.1, -0.05) is 12.1 Å². The molecule has 1 heterocycles. The van der Waals surface area contributed by atoms with E-state index in [0.29, 0.717) is 37.2 Å². The normalized spacial score (nSPS) is 21.4. The molecule has 0 bridgehead atoms. The lowest BCUT2D eigenvalue weighted by atomic mass is 9.98. The van der Waals surface area contributed by atoms with Crippen LogP contribution in [0.15, 0.2) is 24.3 Å². The van der Waals surface area contributed by atoms with E-state index in [-0.39, 0.29) is 6.03 Å². The first-order valence-electron chi connectivity index (χ1n) is 8.68. The standard InChI is InChI=1S/C19H28N2O4/c1-18(2,3)25-16(22)14-8-5-6-9-15(14)20-17(23)21-12-7-10-19(4,24)11-13-21/h5-6,8-9,24H,7,10-13H2,1-4H3,(H,20,23). The molecule has 0 radical (unpaired) electrons. The molecule has 0 saturated carbocycles. The number of ether oxygens (including phenoxy) is 1. The predicted octanol–water partition coefficient (Wildman–Crippen LogP) is 3.41. The van der Waals surface area contributed by atoms with Gasteiger partial charge in [-0.3, -0.25) is 0 Å². The molecule has 0 aliphatic carbocycles. The Bertz CT molecular complexity index is 635. The maximum absolute atomic E-state index is 12.6. The van der Waals surface area contributed by atoms with Gasteiger partial charge in [-0.15, -0.1) is 0 Å². The third-order valence-corrected chi connectivity index (χ3v) is 4.14. The van der Waals surface area contributed by atoms with Crippen molar-refractivity contribution in [2.24, 2.45) is 0 Å². The zero-order valence-electron chi connectivity index (χ0n) is 15.5. The predicted molar refractivity (Wildman–Crippen MR) is 96.7 cm³/mol. The number of hydrogen-bond donors (Lipinski definition) is 2. The molecule has 1 atom stereocenters. The molecule has 2 amide bonds. The summed E-state index contributed by atoms with van der Waals surface area (Å²) in [4.78, 5) is 26.6. The zero-order chi connectivity index (χ0) is 18.7. The zero-order valence-corrected chi connectivity index (χ0v) is 15.5. The van der Waals surface area contributed by atoms with Crippen molar-refractivity contribution in [3.8, 4) is 0 Å². The summed E-state index contributed by atoms with van der Waals surface area (Å²) in [5.41, 5.74) is -0.584. The van der Waals surface area contributed by atoms with Gasteiger partial charge < -0.3 is 20.1 Å². The second-order valence-corrected chi connectivity index (χ2v) is 7.82. The van der Waals surface area contributed by atoms with E-state index in [1.165, 1.54) is 0 Å². The summed E-state index contributed by atoms with van der Waals surface area (Å²) < 4.78 is 5.40. The average molecular weight is 348 g/mol. The summed E-state index contributed by atoms with van der Waals surface area (Å²) >= 11 is 0. The summed E-state index contributed by atoms with van der Waals surface area (Å²) in [5.74, 6) is -0.470. The highest BCUT2D eigenvalue weighted by Gasteiger charge is 2.28. The first-order valence-corrected chi connectivity index (χ1v) is 8.68. The van der Waals surface area contributed by atoms with Crippen LogP contribution in [-0.2, 0) is 4.74 Å². The van der Waals surface area contributed by atoms with Crippen LogP contribution in [0.1, 0.15) is 57.3 Å². The highest BCUT2D eigenvalue weighted by molar-refractivity contribution is 6.01. The first-order chi connectivity index (χ1) is 11.6. The molecule has 0 aromatic heterocycles. The van der Waals surface area contributed by atoms with E-state index in [1.807, 2.05) is 0 Å². The second-order valence-electron chi connectivity index (χ2n) is 7.82. The molecular formula is C19H28N2O4. The van der Waals surface area contributed by atoms with Gasteiger partial charge in [0, 0.05) is 13.1 Å². The molecule has 6 heteroatoms. The number of hydrogen-bond acceptors (Lipinski definition) is 4. The van der Waals surface area contributed by atoms with Crippen LogP contribution in [0.4, 0.5) is 10.5 Å². The van der Waals surface area contributed by atoms with Crippen molar-refractivity contribution < 1.29 is 19.4 Å². The number of urea groups is 1. The quantitative estimate of drug-likeness (QED) is 0.803.